The number of guanidine groups is 1. The minimum Gasteiger partial charge on any atom is -0.489 e. The van der Waals surface area contributed by atoms with Crippen molar-refractivity contribution in [2.24, 2.45) is 4.99 Å². The number of benzene rings is 2. The Labute approximate surface area is 180 Å². The molecule has 158 valence electrons. The molecule has 5 rings (SSSR count). The van der Waals surface area contributed by atoms with E-state index in [1.54, 1.807) is 7.05 Å². The maximum atomic E-state index is 12.7. The van der Waals surface area contributed by atoms with Crippen LogP contribution in [0.1, 0.15) is 11.1 Å². The Morgan fingerprint density at radius 1 is 1.03 bits per heavy atom. The normalized spacial score (nSPS) is 20.3. The van der Waals surface area contributed by atoms with Crippen LogP contribution in [0.25, 0.3) is 0 Å². The number of likely N-dealkylation sites (N-methyl/N-ethyl adjacent to an activating group) is 2. The molecule has 1 saturated heterocycles. The van der Waals surface area contributed by atoms with Crippen molar-refractivity contribution in [3.8, 4) is 5.75 Å². The molecule has 3 aliphatic rings. The predicted molar refractivity (Wildman–Crippen MR) is 117 cm³/mol. The van der Waals surface area contributed by atoms with Gasteiger partial charge in [0, 0.05) is 14.1 Å². The van der Waals surface area contributed by atoms with Crippen LogP contribution in [-0.2, 0) is 11.4 Å². The second-order valence-electron chi connectivity index (χ2n) is 8.02. The highest BCUT2D eigenvalue weighted by atomic mass is 16.5. The zero-order chi connectivity index (χ0) is 21.7. The first-order valence-corrected chi connectivity index (χ1v) is 10.3. The molecule has 3 aliphatic heterocycles. The second kappa shape index (κ2) is 7.23. The Morgan fingerprint density at radius 2 is 1.74 bits per heavy atom. The van der Waals surface area contributed by atoms with Gasteiger partial charge in [0.1, 0.15) is 24.6 Å². The fourth-order valence-corrected chi connectivity index (χ4v) is 4.16. The summed E-state index contributed by atoms with van der Waals surface area (Å²) in [5.74, 6) is 1.75. The molecular formula is C23H24N5O3+. The lowest BCUT2D eigenvalue weighted by Gasteiger charge is -2.31. The Morgan fingerprint density at radius 3 is 2.45 bits per heavy atom. The van der Waals surface area contributed by atoms with Crippen LogP contribution in [0.15, 0.2) is 53.5 Å². The molecular weight excluding hydrogens is 394 g/mol. The number of aliphatic imine (C=N–C) groups is 1. The van der Waals surface area contributed by atoms with E-state index in [4.69, 9.17) is 4.74 Å². The molecule has 8 nitrogen and oxygen atoms in total. The molecule has 0 aromatic heterocycles. The molecule has 2 aromatic carbocycles. The molecule has 8 heteroatoms. The first-order valence-electron chi connectivity index (χ1n) is 10.3. The maximum Gasteiger partial charge on any atom is 0.397 e. The lowest BCUT2D eigenvalue weighted by atomic mass is 10.1. The summed E-state index contributed by atoms with van der Waals surface area (Å²) < 4.78 is 7.88. The lowest BCUT2D eigenvalue weighted by molar-refractivity contribution is -0.525. The molecule has 3 heterocycles. The quantitative estimate of drug-likeness (QED) is 0.713. The Hall–Kier alpha value is -3.68. The summed E-state index contributed by atoms with van der Waals surface area (Å²) in [4.78, 5) is 34.3. The van der Waals surface area contributed by atoms with Crippen molar-refractivity contribution >= 4 is 29.4 Å². The van der Waals surface area contributed by atoms with E-state index in [-0.39, 0.29) is 11.9 Å². The Balaban J connectivity index is 1.33. The van der Waals surface area contributed by atoms with Crippen LogP contribution in [0.4, 0.5) is 10.5 Å². The number of imide groups is 1. The highest BCUT2D eigenvalue weighted by Gasteiger charge is 2.54. The summed E-state index contributed by atoms with van der Waals surface area (Å²) in [7, 11) is 3.17. The second-order valence-corrected chi connectivity index (χ2v) is 8.02. The summed E-state index contributed by atoms with van der Waals surface area (Å²) >= 11 is 0. The van der Waals surface area contributed by atoms with Crippen molar-refractivity contribution in [1.82, 2.24) is 9.80 Å². The number of carbonyl (C=O) groups is 2. The summed E-state index contributed by atoms with van der Waals surface area (Å²) in [6.45, 7) is 3.97. The molecule has 0 radical (unpaired) electrons. The maximum absolute atomic E-state index is 12.7. The molecule has 0 bridgehead atoms. The van der Waals surface area contributed by atoms with Gasteiger partial charge in [-0.25, -0.2) is 14.3 Å². The summed E-state index contributed by atoms with van der Waals surface area (Å²) in [5, 5.41) is 0. The van der Waals surface area contributed by atoms with Crippen LogP contribution < -0.4 is 9.64 Å². The summed E-state index contributed by atoms with van der Waals surface area (Å²) in [5.41, 5.74) is 3.32. The number of ether oxygens (including phenoxy) is 1. The topological polar surface area (TPSA) is 68.5 Å². The fraction of sp³-hybridized carbons (Fsp3) is 0.304. The number of fused-ring (bicyclic) bond motifs is 2. The first-order chi connectivity index (χ1) is 14.9. The number of rotatable bonds is 4. The average molecular weight is 418 g/mol. The molecule has 1 atom stereocenters. The van der Waals surface area contributed by atoms with E-state index in [2.05, 4.69) is 41.1 Å². The van der Waals surface area contributed by atoms with Gasteiger partial charge in [-0.15, -0.1) is 0 Å². The van der Waals surface area contributed by atoms with E-state index in [9.17, 15) is 9.59 Å². The molecule has 0 spiro atoms. The van der Waals surface area contributed by atoms with Crippen molar-refractivity contribution in [1.29, 1.82) is 0 Å². The number of hydrogen-bond acceptors (Lipinski definition) is 5. The highest BCUT2D eigenvalue weighted by molar-refractivity contribution is 6.24. The number of carbonyl (C=O) groups excluding carboxylic acids is 2. The van der Waals surface area contributed by atoms with E-state index in [1.165, 1.54) is 17.5 Å². The van der Waals surface area contributed by atoms with Crippen LogP contribution in [-0.4, -0.2) is 71.3 Å². The van der Waals surface area contributed by atoms with Gasteiger partial charge in [-0.2, -0.15) is 0 Å². The Kier molecular flexibility index (Phi) is 4.50. The van der Waals surface area contributed by atoms with Crippen LogP contribution in [0.5, 0.6) is 5.75 Å². The molecule has 3 amide bonds. The third-order valence-corrected chi connectivity index (χ3v) is 5.99. The van der Waals surface area contributed by atoms with E-state index in [0.29, 0.717) is 24.9 Å². The van der Waals surface area contributed by atoms with Crippen molar-refractivity contribution < 1.29 is 18.9 Å². The monoisotopic (exact) mass is 418 g/mol. The number of anilines is 1. The fourth-order valence-electron chi connectivity index (χ4n) is 4.16. The summed E-state index contributed by atoms with van der Waals surface area (Å²) in [6, 6.07) is 15.3. The van der Waals surface area contributed by atoms with Gasteiger partial charge in [0.25, 0.3) is 5.91 Å². The number of amidine groups is 1. The van der Waals surface area contributed by atoms with Crippen LogP contribution in [0.3, 0.4) is 0 Å². The molecule has 0 aliphatic carbocycles. The van der Waals surface area contributed by atoms with Gasteiger partial charge < -0.3 is 4.74 Å². The van der Waals surface area contributed by atoms with Gasteiger partial charge in [0.05, 0.1) is 6.54 Å². The number of aryl methyl sites for hydroxylation is 1. The minimum absolute atomic E-state index is 0.237. The first kappa shape index (κ1) is 19.3. The Bertz CT molecular complexity index is 1120. The molecule has 2 aromatic rings. The van der Waals surface area contributed by atoms with Crippen molar-refractivity contribution in [3.05, 3.63) is 59.7 Å². The standard InChI is InChI=1S/C23H24N5O3/c1-15-4-6-16(7-5-15)14-31-18-10-8-17(9-11-18)27-12-13-28-19-20(24-22(27)28)25(2)23(30)26(3)21(19)29/h4-11,19H,12-14H2,1-3H3/q+1. The highest BCUT2D eigenvalue weighted by Crippen LogP contribution is 2.27. The SMILES string of the molecule is Cc1ccc(COc2ccc(N3CC[N+]4=C3N=C3C4C(=O)N(C)C(=O)N3C)cc2)cc1. The van der Waals surface area contributed by atoms with Crippen LogP contribution in [0.2, 0.25) is 0 Å². The predicted octanol–water partition coefficient (Wildman–Crippen LogP) is 2.07. The third kappa shape index (κ3) is 3.15. The van der Waals surface area contributed by atoms with Crippen molar-refractivity contribution in [3.63, 3.8) is 0 Å². The number of hydrogen-bond donors (Lipinski definition) is 0. The van der Waals surface area contributed by atoms with Gasteiger partial charge in [-0.1, -0.05) is 34.8 Å². The third-order valence-electron chi connectivity index (χ3n) is 5.99. The van der Waals surface area contributed by atoms with Crippen molar-refractivity contribution in [2.75, 3.05) is 32.1 Å². The molecule has 1 unspecified atom stereocenters. The minimum atomic E-state index is -0.537. The van der Waals surface area contributed by atoms with Gasteiger partial charge in [0.15, 0.2) is 0 Å². The van der Waals surface area contributed by atoms with Gasteiger partial charge in [-0.05, 0) is 36.8 Å². The molecule has 0 saturated carbocycles. The number of nitrogens with zero attached hydrogens (tertiary/aromatic N) is 5. The molecule has 0 N–H and O–H groups in total. The van der Waals surface area contributed by atoms with Gasteiger partial charge in [-0.3, -0.25) is 14.6 Å². The van der Waals surface area contributed by atoms with Gasteiger partial charge >= 0.3 is 12.0 Å². The average Bonchev–Trinajstić information content (AvgIpc) is 3.36. The van der Waals surface area contributed by atoms with Crippen LogP contribution >= 0.6 is 0 Å². The lowest BCUT2D eigenvalue weighted by Crippen LogP contribution is -2.61. The zero-order valence-electron chi connectivity index (χ0n) is 17.8. The number of amides is 3. The van der Waals surface area contributed by atoms with Crippen LogP contribution in [0, 0.1) is 6.92 Å². The number of urea groups is 1. The zero-order valence-corrected chi connectivity index (χ0v) is 17.8. The van der Waals surface area contributed by atoms with E-state index >= 15 is 0 Å². The van der Waals surface area contributed by atoms with Gasteiger partial charge in [0.2, 0.25) is 11.9 Å². The van der Waals surface area contributed by atoms with Crippen molar-refractivity contribution in [2.45, 2.75) is 19.6 Å². The molecule has 31 heavy (non-hydrogen) atoms. The molecule has 1 fully saturated rings. The van der Waals surface area contributed by atoms with E-state index in [1.807, 2.05) is 28.8 Å². The largest absolute Gasteiger partial charge is 0.489 e. The van der Waals surface area contributed by atoms with E-state index in [0.717, 1.165) is 28.4 Å². The summed E-state index contributed by atoms with van der Waals surface area (Å²) in [6.07, 6.45) is 0. The van der Waals surface area contributed by atoms with E-state index < -0.39 is 6.04 Å². The smallest absolute Gasteiger partial charge is 0.397 e.